The van der Waals surface area contributed by atoms with Gasteiger partial charge < -0.3 is 29.2 Å². The highest BCUT2D eigenvalue weighted by molar-refractivity contribution is 5.90. The molecule has 0 unspecified atom stereocenters. The van der Waals surface area contributed by atoms with Crippen LogP contribution in [-0.4, -0.2) is 72.7 Å². The molecular formula is C34H47NO7. The van der Waals surface area contributed by atoms with Crippen LogP contribution < -0.4 is 4.74 Å². The third-order valence-corrected chi connectivity index (χ3v) is 11.8. The fraction of sp³-hybridized carbons (Fsp3) is 0.706. The van der Waals surface area contributed by atoms with Gasteiger partial charge in [0.2, 0.25) is 0 Å². The fourth-order valence-corrected chi connectivity index (χ4v) is 10.3. The molecule has 1 aromatic carbocycles. The molecule has 0 amide bonds. The Morgan fingerprint density at radius 3 is 2.55 bits per heavy atom. The van der Waals surface area contributed by atoms with Gasteiger partial charge in [0.05, 0.1) is 25.2 Å². The summed E-state index contributed by atoms with van der Waals surface area (Å²) < 4.78 is 18.1. The van der Waals surface area contributed by atoms with Crippen LogP contribution in [0.2, 0.25) is 0 Å². The number of aldehydes is 1. The van der Waals surface area contributed by atoms with Gasteiger partial charge in [-0.05, 0) is 73.5 Å². The molecule has 10 atom stereocenters. The van der Waals surface area contributed by atoms with Crippen molar-refractivity contribution in [2.24, 2.45) is 45.8 Å². The summed E-state index contributed by atoms with van der Waals surface area (Å²) in [4.78, 5) is 29.1. The normalized spacial score (nSPS) is 42.7. The maximum Gasteiger partial charge on any atom is 0.315 e. The van der Waals surface area contributed by atoms with Crippen LogP contribution in [0.1, 0.15) is 58.9 Å². The van der Waals surface area contributed by atoms with Crippen LogP contribution in [0.3, 0.4) is 0 Å². The minimum atomic E-state index is -1.30. The summed E-state index contributed by atoms with van der Waals surface area (Å²) in [6.07, 6.45) is 4.45. The van der Waals surface area contributed by atoms with Crippen LogP contribution in [0.5, 0.6) is 5.75 Å². The van der Waals surface area contributed by atoms with Crippen molar-refractivity contribution in [3.63, 3.8) is 0 Å². The zero-order chi connectivity index (χ0) is 30.0. The Labute approximate surface area is 249 Å². The Morgan fingerprint density at radius 2 is 1.90 bits per heavy atom. The molecule has 4 aliphatic carbocycles. The van der Waals surface area contributed by atoms with E-state index >= 15 is 0 Å². The van der Waals surface area contributed by atoms with Gasteiger partial charge in [0.15, 0.2) is 6.29 Å². The molecule has 0 radical (unpaired) electrons. The molecule has 230 valence electrons. The van der Waals surface area contributed by atoms with E-state index in [0.717, 1.165) is 42.4 Å². The number of carboxylic acid groups (broad SMARTS) is 1. The highest BCUT2D eigenvalue weighted by Crippen LogP contribution is 2.82. The number of benzene rings is 1. The lowest BCUT2D eigenvalue weighted by Gasteiger charge is -2.58. The highest BCUT2D eigenvalue weighted by Gasteiger charge is 2.84. The lowest BCUT2D eigenvalue weighted by atomic mass is 9.43. The topological polar surface area (TPSA) is 106 Å². The van der Waals surface area contributed by atoms with Crippen LogP contribution in [0.4, 0.5) is 0 Å². The monoisotopic (exact) mass is 581 g/mol. The molecule has 4 bridgehead atoms. The number of ether oxygens (including phenoxy) is 3. The van der Waals surface area contributed by atoms with Crippen molar-refractivity contribution in [3.8, 4) is 5.75 Å². The second kappa shape index (κ2) is 10.7. The van der Waals surface area contributed by atoms with Gasteiger partial charge in [0.1, 0.15) is 23.6 Å². The molecule has 1 aromatic rings. The third kappa shape index (κ3) is 4.08. The molecule has 0 aromatic heterocycles. The number of hydrogen-bond donors (Lipinski definition) is 2. The third-order valence-electron chi connectivity index (χ3n) is 11.8. The summed E-state index contributed by atoms with van der Waals surface area (Å²) in [5, 5.41) is 22.5. The number of methoxy groups -OCH3 is 1. The van der Waals surface area contributed by atoms with Gasteiger partial charge in [-0.15, -0.1) is 0 Å². The maximum absolute atomic E-state index is 13.7. The van der Waals surface area contributed by atoms with Gasteiger partial charge in [-0.1, -0.05) is 51.0 Å². The van der Waals surface area contributed by atoms with E-state index < -0.39 is 34.6 Å². The van der Waals surface area contributed by atoms with Gasteiger partial charge in [-0.2, -0.15) is 0 Å². The zero-order valence-corrected chi connectivity index (χ0v) is 25.6. The second-order valence-corrected chi connectivity index (χ2v) is 14.2. The quantitative estimate of drug-likeness (QED) is 0.324. The summed E-state index contributed by atoms with van der Waals surface area (Å²) in [5.41, 5.74) is -0.977. The van der Waals surface area contributed by atoms with Crippen molar-refractivity contribution in [1.29, 1.82) is 0 Å². The van der Waals surface area contributed by atoms with Crippen molar-refractivity contribution in [2.45, 2.75) is 78.4 Å². The van der Waals surface area contributed by atoms with Crippen molar-refractivity contribution in [1.82, 2.24) is 4.90 Å². The first-order valence-electron chi connectivity index (χ1n) is 15.7. The molecule has 3 saturated carbocycles. The minimum absolute atomic E-state index is 0.00623. The molecule has 5 aliphatic rings. The van der Waals surface area contributed by atoms with E-state index in [4.69, 9.17) is 14.2 Å². The number of carbonyl (C=O) groups excluding carboxylic acids is 1. The summed E-state index contributed by atoms with van der Waals surface area (Å²) >= 11 is 0. The second-order valence-electron chi connectivity index (χ2n) is 14.2. The number of hydrogen-bond acceptors (Lipinski definition) is 7. The summed E-state index contributed by atoms with van der Waals surface area (Å²) in [7, 11) is 1.65. The number of aliphatic hydroxyl groups excluding tert-OH is 1. The van der Waals surface area contributed by atoms with E-state index in [1.165, 1.54) is 0 Å². The molecule has 8 nitrogen and oxygen atoms in total. The van der Waals surface area contributed by atoms with E-state index in [9.17, 15) is 19.8 Å². The molecule has 1 saturated heterocycles. The molecule has 8 heteroatoms. The van der Waals surface area contributed by atoms with Crippen LogP contribution in [-0.2, 0) is 25.6 Å². The van der Waals surface area contributed by atoms with E-state index in [1.807, 2.05) is 45.0 Å². The molecule has 1 heterocycles. The molecule has 2 N–H and O–H groups in total. The maximum atomic E-state index is 13.7. The van der Waals surface area contributed by atoms with Crippen molar-refractivity contribution >= 4 is 12.3 Å². The number of carbonyl (C=O) groups is 2. The van der Waals surface area contributed by atoms with Crippen LogP contribution in [0, 0.1) is 45.8 Å². The average molecular weight is 582 g/mol. The van der Waals surface area contributed by atoms with E-state index in [-0.39, 0.29) is 36.4 Å². The number of rotatable bonds is 9. The Hall–Kier alpha value is -2.26. The first-order chi connectivity index (χ1) is 20.0. The standard InChI is InChI=1S/C34H47NO7/c1-20(2)28-12-24-13-32(18-36)27-11-6-21(3)26(27)14-33(24,34(28,32)31(38)39)19-41-30-29(37)17-35(15-22(4)42-30)16-23-7-9-25(40-5)10-8-23/h7-10,12,18,20-22,24,26-27,29-30,37H,6,11,13-17,19H2,1-5H3,(H,38,39)/t21-,22-,24+,26-,27-,29+,30-,32+,33+,34+/m1/s1. The van der Waals surface area contributed by atoms with Gasteiger partial charge in [-0.25, -0.2) is 0 Å². The SMILES string of the molecule is COc1ccc(CN2C[C@@H](C)O[C@@H](OC[C@@]34C[C@@H]5[C@H](C)CC[C@H]5[C@@]5(C=O)C[C@@H]3C=C(C(C)C)[C@@]45C(=O)O)[C@@H](O)C2)cc1. The number of fused-ring (bicyclic) bond motifs is 2. The Balaban J connectivity index is 1.28. The molecule has 42 heavy (non-hydrogen) atoms. The highest BCUT2D eigenvalue weighted by atomic mass is 16.7. The predicted octanol–water partition coefficient (Wildman–Crippen LogP) is 4.54. The van der Waals surface area contributed by atoms with Gasteiger partial charge in [0.25, 0.3) is 0 Å². The average Bonchev–Trinajstić information content (AvgIpc) is 3.48. The molecule has 0 spiro atoms. The minimum Gasteiger partial charge on any atom is -0.497 e. The van der Waals surface area contributed by atoms with Gasteiger partial charge in [0, 0.05) is 25.0 Å². The first-order valence-corrected chi connectivity index (χ1v) is 15.7. The zero-order valence-electron chi connectivity index (χ0n) is 25.6. The van der Waals surface area contributed by atoms with Crippen molar-refractivity contribution in [2.75, 3.05) is 26.8 Å². The Bertz CT molecular complexity index is 1230. The Morgan fingerprint density at radius 1 is 1.17 bits per heavy atom. The fourth-order valence-electron chi connectivity index (χ4n) is 10.3. The van der Waals surface area contributed by atoms with Gasteiger partial charge in [-0.3, -0.25) is 9.69 Å². The van der Waals surface area contributed by atoms with E-state index in [2.05, 4.69) is 17.9 Å². The van der Waals surface area contributed by atoms with Crippen molar-refractivity contribution < 1.29 is 34.0 Å². The molecule has 4 fully saturated rings. The smallest absolute Gasteiger partial charge is 0.315 e. The van der Waals surface area contributed by atoms with Crippen LogP contribution in [0.25, 0.3) is 0 Å². The number of carboxylic acids is 1. The molecular weight excluding hydrogens is 534 g/mol. The number of β-amino-alcohol motifs (C(OH)–C–C–N with tert-alkyl or cyclic N) is 1. The lowest BCUT2D eigenvalue weighted by molar-refractivity contribution is -0.235. The van der Waals surface area contributed by atoms with Crippen molar-refractivity contribution in [3.05, 3.63) is 41.5 Å². The largest absolute Gasteiger partial charge is 0.497 e. The molecule has 6 rings (SSSR count). The lowest BCUT2D eigenvalue weighted by Crippen LogP contribution is -2.63. The molecule has 1 aliphatic heterocycles. The number of aliphatic carboxylic acids is 1. The Kier molecular flexibility index (Phi) is 7.61. The van der Waals surface area contributed by atoms with E-state index in [0.29, 0.717) is 32.0 Å². The summed E-state index contributed by atoms with van der Waals surface area (Å²) in [6, 6.07) is 7.91. The first kappa shape index (κ1) is 29.8. The summed E-state index contributed by atoms with van der Waals surface area (Å²) in [6.45, 7) is 10.1. The van der Waals surface area contributed by atoms with Crippen LogP contribution >= 0.6 is 0 Å². The van der Waals surface area contributed by atoms with Gasteiger partial charge >= 0.3 is 5.97 Å². The number of allylic oxidation sites excluding steroid dienone is 1. The predicted molar refractivity (Wildman–Crippen MR) is 157 cm³/mol. The summed E-state index contributed by atoms with van der Waals surface area (Å²) in [5.74, 6) is 0.660. The van der Waals surface area contributed by atoms with E-state index in [1.54, 1.807) is 7.11 Å². The number of aliphatic hydroxyl groups is 1. The number of nitrogens with zero attached hydrogens (tertiary/aromatic N) is 1. The van der Waals surface area contributed by atoms with Crippen LogP contribution in [0.15, 0.2) is 35.9 Å².